The fourth-order valence-corrected chi connectivity index (χ4v) is 4.80. The zero-order valence-electron chi connectivity index (χ0n) is 19.9. The van der Waals surface area contributed by atoms with E-state index in [0.29, 0.717) is 5.56 Å². The molecule has 0 aliphatic heterocycles. The monoisotopic (exact) mass is 544 g/mol. The first kappa shape index (κ1) is 27.7. The van der Waals surface area contributed by atoms with Crippen molar-refractivity contribution in [1.82, 2.24) is 4.72 Å². The van der Waals surface area contributed by atoms with E-state index in [-0.39, 0.29) is 33.4 Å². The fourth-order valence-electron chi connectivity index (χ4n) is 3.34. The molecule has 3 aromatic rings. The number of sulfonamides is 1. The first-order valence-corrected chi connectivity index (χ1v) is 12.9. The van der Waals surface area contributed by atoms with Crippen LogP contribution in [0.2, 0.25) is 5.02 Å². The Hall–Kier alpha value is -3.93. The molecular formula is C25H25ClN4O6S. The smallest absolute Gasteiger partial charge is 0.278 e. The summed E-state index contributed by atoms with van der Waals surface area (Å²) in [5.41, 5.74) is 0.953. The normalized spacial score (nSPS) is 12.6. The first-order chi connectivity index (χ1) is 17.5. The standard InChI is InChI=1S/C25H25ClN4O6S/c1-15-8-10-18(11-9-15)37(35,36)30-16(2)12-23(32)27-20-14-22(31)21(13-19(20)26)28-25(33)24(29-34)17-6-4-3-5-7-17/h3-11,13-14,16,30-31,34H,12H2,1-2H3,(H,27,32)(H,28,33). The van der Waals surface area contributed by atoms with E-state index in [1.54, 1.807) is 42.5 Å². The maximum absolute atomic E-state index is 12.5. The summed E-state index contributed by atoms with van der Waals surface area (Å²) in [5, 5.41) is 27.6. The van der Waals surface area contributed by atoms with E-state index in [9.17, 15) is 28.3 Å². The highest BCUT2D eigenvalue weighted by molar-refractivity contribution is 7.89. The summed E-state index contributed by atoms with van der Waals surface area (Å²) in [5.74, 6) is -1.77. The van der Waals surface area contributed by atoms with Crippen molar-refractivity contribution in [1.29, 1.82) is 0 Å². The summed E-state index contributed by atoms with van der Waals surface area (Å²) >= 11 is 6.23. The average molecular weight is 545 g/mol. The Kier molecular flexibility index (Phi) is 8.87. The van der Waals surface area contributed by atoms with Gasteiger partial charge in [0.1, 0.15) is 5.75 Å². The van der Waals surface area contributed by atoms with E-state index in [2.05, 4.69) is 20.5 Å². The molecule has 10 nitrogen and oxygen atoms in total. The molecule has 5 N–H and O–H groups in total. The molecule has 37 heavy (non-hydrogen) atoms. The van der Waals surface area contributed by atoms with Gasteiger partial charge in [0, 0.05) is 24.1 Å². The molecular weight excluding hydrogens is 520 g/mol. The van der Waals surface area contributed by atoms with Gasteiger partial charge in [0.25, 0.3) is 5.91 Å². The molecule has 194 valence electrons. The molecule has 3 rings (SSSR count). The number of nitrogens with one attached hydrogen (secondary N) is 3. The van der Waals surface area contributed by atoms with Crippen LogP contribution in [0.4, 0.5) is 11.4 Å². The number of rotatable bonds is 9. The Labute approximate surface area is 219 Å². The Bertz CT molecular complexity index is 1430. The van der Waals surface area contributed by atoms with Crippen molar-refractivity contribution in [3.05, 3.63) is 82.9 Å². The third-order valence-electron chi connectivity index (χ3n) is 5.15. The zero-order valence-corrected chi connectivity index (χ0v) is 21.5. The lowest BCUT2D eigenvalue weighted by Gasteiger charge is -2.16. The minimum absolute atomic E-state index is 0.00321. The van der Waals surface area contributed by atoms with Crippen LogP contribution in [0, 0.1) is 6.92 Å². The topological polar surface area (TPSA) is 157 Å². The predicted molar refractivity (Wildman–Crippen MR) is 141 cm³/mol. The average Bonchev–Trinajstić information content (AvgIpc) is 2.83. The van der Waals surface area contributed by atoms with Gasteiger partial charge < -0.3 is 20.9 Å². The van der Waals surface area contributed by atoms with Gasteiger partial charge in [-0.2, -0.15) is 0 Å². The molecule has 0 saturated heterocycles. The number of halogens is 1. The number of oxime groups is 1. The van der Waals surface area contributed by atoms with E-state index in [1.165, 1.54) is 25.1 Å². The largest absolute Gasteiger partial charge is 0.506 e. The van der Waals surface area contributed by atoms with Crippen molar-refractivity contribution in [2.45, 2.75) is 31.2 Å². The van der Waals surface area contributed by atoms with Crippen LogP contribution in [0.15, 0.2) is 76.8 Å². The SMILES string of the molecule is Cc1ccc(S(=O)(=O)NC(C)CC(=O)Nc2cc(O)c(NC(=O)C(=NO)c3ccccc3)cc2Cl)cc1. The van der Waals surface area contributed by atoms with Crippen LogP contribution in [0.1, 0.15) is 24.5 Å². The fraction of sp³-hybridized carbons (Fsp3) is 0.160. The number of benzene rings is 3. The summed E-state index contributed by atoms with van der Waals surface area (Å²) in [4.78, 5) is 25.1. The minimum Gasteiger partial charge on any atom is -0.506 e. The second kappa shape index (κ2) is 11.9. The number of carbonyl (C=O) groups is 2. The number of hydrogen-bond donors (Lipinski definition) is 5. The van der Waals surface area contributed by atoms with Crippen molar-refractivity contribution in [2.24, 2.45) is 5.16 Å². The van der Waals surface area contributed by atoms with Crippen LogP contribution in [0.3, 0.4) is 0 Å². The van der Waals surface area contributed by atoms with E-state index in [0.717, 1.165) is 11.6 Å². The highest BCUT2D eigenvalue weighted by Gasteiger charge is 2.21. The second-order valence-electron chi connectivity index (χ2n) is 8.21. The lowest BCUT2D eigenvalue weighted by Crippen LogP contribution is -2.35. The summed E-state index contributed by atoms with van der Waals surface area (Å²) in [7, 11) is -3.82. The van der Waals surface area contributed by atoms with Gasteiger partial charge in [0.2, 0.25) is 15.9 Å². The van der Waals surface area contributed by atoms with Gasteiger partial charge in [0.05, 0.1) is 21.3 Å². The molecule has 0 bridgehead atoms. The van der Waals surface area contributed by atoms with Gasteiger partial charge in [-0.3, -0.25) is 9.59 Å². The number of anilines is 2. The molecule has 1 unspecified atom stereocenters. The molecule has 0 aliphatic rings. The number of phenolic OH excluding ortho intramolecular Hbond substituents is 1. The summed E-state index contributed by atoms with van der Waals surface area (Å²) in [6.07, 6.45) is -0.214. The van der Waals surface area contributed by atoms with Gasteiger partial charge in [-0.25, -0.2) is 13.1 Å². The van der Waals surface area contributed by atoms with Crippen molar-refractivity contribution >= 4 is 50.5 Å². The second-order valence-corrected chi connectivity index (χ2v) is 10.3. The molecule has 12 heteroatoms. The molecule has 0 aromatic heterocycles. The Morgan fingerprint density at radius 3 is 2.27 bits per heavy atom. The molecule has 2 amide bonds. The van der Waals surface area contributed by atoms with E-state index >= 15 is 0 Å². The maximum atomic E-state index is 12.5. The Morgan fingerprint density at radius 2 is 1.65 bits per heavy atom. The Balaban J connectivity index is 1.64. The molecule has 1 atom stereocenters. The molecule has 0 radical (unpaired) electrons. The number of carbonyl (C=O) groups excluding carboxylic acids is 2. The van der Waals surface area contributed by atoms with Crippen LogP contribution in [-0.4, -0.2) is 42.3 Å². The number of hydrogen-bond acceptors (Lipinski definition) is 7. The van der Waals surface area contributed by atoms with Crippen molar-refractivity contribution in [3.8, 4) is 5.75 Å². The summed E-state index contributed by atoms with van der Waals surface area (Å²) in [6, 6.07) is 16.1. The molecule has 0 fully saturated rings. The van der Waals surface area contributed by atoms with Gasteiger partial charge in [0.15, 0.2) is 5.71 Å². The highest BCUT2D eigenvalue weighted by atomic mass is 35.5. The van der Waals surface area contributed by atoms with Crippen LogP contribution in [0.25, 0.3) is 0 Å². The lowest BCUT2D eigenvalue weighted by molar-refractivity contribution is -0.116. The number of nitrogens with zero attached hydrogens (tertiary/aromatic N) is 1. The Morgan fingerprint density at radius 1 is 1.00 bits per heavy atom. The zero-order chi connectivity index (χ0) is 27.2. The van der Waals surface area contributed by atoms with E-state index < -0.39 is 33.6 Å². The van der Waals surface area contributed by atoms with Crippen LogP contribution >= 0.6 is 11.6 Å². The third kappa shape index (κ3) is 7.29. The van der Waals surface area contributed by atoms with Crippen LogP contribution in [0.5, 0.6) is 5.75 Å². The van der Waals surface area contributed by atoms with E-state index in [1.807, 2.05) is 6.92 Å². The maximum Gasteiger partial charge on any atom is 0.278 e. The number of phenols is 1. The highest BCUT2D eigenvalue weighted by Crippen LogP contribution is 2.34. The molecule has 3 aromatic carbocycles. The molecule has 0 saturated carbocycles. The van der Waals surface area contributed by atoms with Crippen molar-refractivity contribution in [3.63, 3.8) is 0 Å². The summed E-state index contributed by atoms with van der Waals surface area (Å²) < 4.78 is 27.5. The van der Waals surface area contributed by atoms with E-state index in [4.69, 9.17) is 11.6 Å². The molecule has 0 aliphatic carbocycles. The van der Waals surface area contributed by atoms with Crippen molar-refractivity contribution < 1.29 is 28.3 Å². The third-order valence-corrected chi connectivity index (χ3v) is 7.07. The molecule has 0 spiro atoms. The first-order valence-electron chi connectivity index (χ1n) is 11.0. The van der Waals surface area contributed by atoms with Gasteiger partial charge in [-0.05, 0) is 32.0 Å². The number of amides is 2. The molecule has 0 heterocycles. The predicted octanol–water partition coefficient (Wildman–Crippen LogP) is 3.87. The lowest BCUT2D eigenvalue weighted by atomic mass is 10.1. The van der Waals surface area contributed by atoms with Crippen molar-refractivity contribution in [2.75, 3.05) is 10.6 Å². The number of aromatic hydroxyl groups is 1. The van der Waals surface area contributed by atoms with Gasteiger partial charge in [-0.1, -0.05) is 64.8 Å². The van der Waals surface area contributed by atoms with Gasteiger partial charge in [-0.15, -0.1) is 0 Å². The van der Waals surface area contributed by atoms with Gasteiger partial charge >= 0.3 is 0 Å². The summed E-state index contributed by atoms with van der Waals surface area (Å²) in [6.45, 7) is 3.38. The quantitative estimate of drug-likeness (QED) is 0.119. The van der Waals surface area contributed by atoms with Crippen LogP contribution < -0.4 is 15.4 Å². The number of aryl methyl sites for hydroxylation is 1. The van der Waals surface area contributed by atoms with Crippen LogP contribution in [-0.2, 0) is 19.6 Å². The minimum atomic E-state index is -3.82.